The van der Waals surface area contributed by atoms with E-state index < -0.39 is 11.3 Å². The Morgan fingerprint density at radius 3 is 2.00 bits per heavy atom. The van der Waals surface area contributed by atoms with Gasteiger partial charge in [0.2, 0.25) is 18.2 Å². The van der Waals surface area contributed by atoms with Crippen molar-refractivity contribution in [2.75, 3.05) is 13.1 Å². The van der Waals surface area contributed by atoms with E-state index in [1.54, 1.807) is 16.2 Å². The third-order valence-corrected chi connectivity index (χ3v) is 6.96. The first-order valence-corrected chi connectivity index (χ1v) is 16.3. The van der Waals surface area contributed by atoms with E-state index in [-0.39, 0.29) is 23.2 Å². The predicted molar refractivity (Wildman–Crippen MR) is 182 cm³/mol. The van der Waals surface area contributed by atoms with Gasteiger partial charge in [0.15, 0.2) is 0 Å². The molecule has 11 heteroatoms. The molecule has 1 aliphatic heterocycles. The number of aryl methyl sites for hydroxylation is 1. The van der Waals surface area contributed by atoms with E-state index in [4.69, 9.17) is 11.0 Å². The van der Waals surface area contributed by atoms with Crippen molar-refractivity contribution in [3.63, 3.8) is 0 Å². The number of thiazole rings is 1. The second kappa shape index (κ2) is 22.8. The van der Waals surface area contributed by atoms with Crippen molar-refractivity contribution in [3.05, 3.63) is 41.0 Å². The van der Waals surface area contributed by atoms with Gasteiger partial charge in [-0.3, -0.25) is 14.4 Å². The molecule has 1 atom stereocenters. The Balaban J connectivity index is 0. The number of primary amides is 1. The maximum absolute atomic E-state index is 11.6. The monoisotopic (exact) mass is 645 g/mol. The van der Waals surface area contributed by atoms with Crippen LogP contribution in [0.3, 0.4) is 0 Å². The van der Waals surface area contributed by atoms with Crippen molar-refractivity contribution in [1.82, 2.24) is 15.2 Å². The number of nitrogens with zero attached hydrogens (tertiary/aromatic N) is 3. The number of benzene rings is 1. The Labute approximate surface area is 274 Å². The number of aliphatic hydroxyl groups is 1. The molecule has 1 saturated carbocycles. The topological polar surface area (TPSA) is 166 Å². The van der Waals surface area contributed by atoms with Gasteiger partial charge in [-0.25, -0.2) is 4.98 Å². The third kappa shape index (κ3) is 18.7. The number of likely N-dealkylation sites (tertiary alicyclic amines) is 1. The lowest BCUT2D eigenvalue weighted by atomic mass is 9.92. The van der Waals surface area contributed by atoms with E-state index in [1.807, 2.05) is 58.3 Å². The number of carbonyl (C=O) groups is 4. The summed E-state index contributed by atoms with van der Waals surface area (Å²) in [6.45, 7) is 21.0. The van der Waals surface area contributed by atoms with Crippen molar-refractivity contribution >= 4 is 35.3 Å². The molecule has 2 heterocycles. The molecule has 2 aromatic rings. The molecular formula is C34H55N5O5S. The number of nitrogens with two attached hydrogens (primary N) is 1. The molecule has 0 bridgehead atoms. The van der Waals surface area contributed by atoms with Crippen LogP contribution in [0.5, 0.6) is 0 Å². The van der Waals surface area contributed by atoms with Gasteiger partial charge in [-0.1, -0.05) is 72.7 Å². The van der Waals surface area contributed by atoms with E-state index in [9.17, 15) is 24.3 Å². The second-order valence-electron chi connectivity index (χ2n) is 11.4. The summed E-state index contributed by atoms with van der Waals surface area (Å²) in [7, 11) is 0. The van der Waals surface area contributed by atoms with E-state index in [1.165, 1.54) is 24.3 Å². The van der Waals surface area contributed by atoms with E-state index in [2.05, 4.69) is 43.2 Å². The van der Waals surface area contributed by atoms with Crippen LogP contribution in [0.15, 0.2) is 29.8 Å². The van der Waals surface area contributed by atoms with Crippen LogP contribution in [0, 0.1) is 29.1 Å². The summed E-state index contributed by atoms with van der Waals surface area (Å²) in [6, 6.07) is 10.0. The molecule has 1 unspecified atom stereocenters. The number of amides is 3. The lowest BCUT2D eigenvalue weighted by Crippen LogP contribution is -2.32. The van der Waals surface area contributed by atoms with Crippen molar-refractivity contribution in [2.24, 2.45) is 16.6 Å². The lowest BCUT2D eigenvalue weighted by Gasteiger charge is -2.22. The molecule has 2 fully saturated rings. The highest BCUT2D eigenvalue weighted by Crippen LogP contribution is 2.44. The van der Waals surface area contributed by atoms with Crippen molar-refractivity contribution in [2.45, 2.75) is 108 Å². The fraction of sp³-hybridized carbons (Fsp3) is 0.588. The molecule has 1 aliphatic carbocycles. The highest BCUT2D eigenvalue weighted by Gasteiger charge is 2.49. The minimum Gasteiger partial charge on any atom is -0.391 e. The summed E-state index contributed by atoms with van der Waals surface area (Å²) in [5, 5.41) is 20.2. The summed E-state index contributed by atoms with van der Waals surface area (Å²) in [6.07, 6.45) is 3.01. The number of β-amino-alcohol motifs (C(OH)–C–C–N with tert-alkyl or cyclic N) is 1. The zero-order valence-electron chi connectivity index (χ0n) is 28.9. The Hall–Kier alpha value is -3.62. The fourth-order valence-corrected chi connectivity index (χ4v) is 4.40. The number of nitrogens with one attached hydrogen (secondary N) is 1. The van der Waals surface area contributed by atoms with Crippen molar-refractivity contribution in [1.29, 1.82) is 5.26 Å². The van der Waals surface area contributed by atoms with Crippen molar-refractivity contribution in [3.8, 4) is 16.5 Å². The maximum atomic E-state index is 11.6. The highest BCUT2D eigenvalue weighted by molar-refractivity contribution is 7.13. The van der Waals surface area contributed by atoms with Gasteiger partial charge in [0.1, 0.15) is 11.2 Å². The molecule has 4 rings (SSSR count). The third-order valence-electron chi connectivity index (χ3n) is 5.98. The smallest absolute Gasteiger partial charge is 0.237 e. The molecule has 1 aromatic carbocycles. The summed E-state index contributed by atoms with van der Waals surface area (Å²) in [5.41, 5.74) is 9.35. The molecule has 0 radical (unpaired) electrons. The van der Waals surface area contributed by atoms with Gasteiger partial charge in [-0.15, -0.1) is 11.3 Å². The van der Waals surface area contributed by atoms with Gasteiger partial charge in [0, 0.05) is 26.1 Å². The molecule has 0 spiro atoms. The quantitative estimate of drug-likeness (QED) is 0.334. The van der Waals surface area contributed by atoms with Crippen LogP contribution in [-0.4, -0.2) is 58.2 Å². The second-order valence-corrected chi connectivity index (χ2v) is 12.3. The standard InChI is InChI=1S/C12H12N2OS.C10H19NO2.C5H6N2O.C3H6O.2C2H6/c1-9-12(16-8-14-9)11-4-2-10(3-5-11)6-13-7-15;1-10(2,3)6-9(13)11-5-4-8(12)7-11;6-3-5(1-2-5)4(7)8;1-3(2)4;2*1-2/h2-5,7-8H,6H2,1H3,(H,13,15);8,12H,4-7H2,1-3H3;1-2H2,(H2,7,8);1-2H3;2*1-2H3. The minimum absolute atomic E-state index is 0.0463. The van der Waals surface area contributed by atoms with Gasteiger partial charge >= 0.3 is 0 Å². The van der Waals surface area contributed by atoms with Crippen LogP contribution >= 0.6 is 11.3 Å². The SMILES string of the molecule is CC.CC.CC(C)(C)CC(=O)N1CCC(O)C1.CC(C)=O.Cc1ncsc1-c1ccc(CNC=O)cc1.N#CC1(C(N)=O)CC1. The number of aliphatic hydroxyl groups excluding tert-OH is 1. The summed E-state index contributed by atoms with van der Waals surface area (Å²) >= 11 is 1.64. The molecule has 45 heavy (non-hydrogen) atoms. The summed E-state index contributed by atoms with van der Waals surface area (Å²) in [4.78, 5) is 48.7. The Bertz CT molecular complexity index is 1190. The number of rotatable bonds is 6. The summed E-state index contributed by atoms with van der Waals surface area (Å²) < 4.78 is 0. The van der Waals surface area contributed by atoms with Crippen LogP contribution < -0.4 is 11.1 Å². The van der Waals surface area contributed by atoms with Crippen LogP contribution in [-0.2, 0) is 25.7 Å². The van der Waals surface area contributed by atoms with E-state index >= 15 is 0 Å². The van der Waals surface area contributed by atoms with Crippen LogP contribution in [0.2, 0.25) is 0 Å². The molecule has 2 aliphatic rings. The molecule has 252 valence electrons. The first-order chi connectivity index (χ1) is 21.1. The van der Waals surface area contributed by atoms with Crippen LogP contribution in [0.1, 0.15) is 99.3 Å². The number of carbonyl (C=O) groups excluding carboxylic acids is 4. The average molecular weight is 646 g/mol. The van der Waals surface area contributed by atoms with E-state index in [0.717, 1.165) is 24.2 Å². The normalized spacial score (nSPS) is 15.1. The predicted octanol–water partition coefficient (Wildman–Crippen LogP) is 5.80. The van der Waals surface area contributed by atoms with E-state index in [0.29, 0.717) is 38.8 Å². The zero-order chi connectivity index (χ0) is 35.2. The average Bonchev–Trinajstić information content (AvgIpc) is 3.50. The largest absolute Gasteiger partial charge is 0.391 e. The van der Waals surface area contributed by atoms with Gasteiger partial charge < -0.3 is 25.9 Å². The first-order valence-electron chi connectivity index (χ1n) is 15.4. The Morgan fingerprint density at radius 2 is 1.69 bits per heavy atom. The molecule has 10 nitrogen and oxygen atoms in total. The molecule has 1 saturated heterocycles. The molecule has 4 N–H and O–H groups in total. The van der Waals surface area contributed by atoms with Gasteiger partial charge in [0.05, 0.1) is 28.3 Å². The number of Topliss-reactive ketones (excluding diaryl/α,β-unsaturated/α-hetero) is 1. The molecular weight excluding hydrogens is 590 g/mol. The van der Waals surface area contributed by atoms with Crippen LogP contribution in [0.25, 0.3) is 10.4 Å². The molecule has 1 aromatic heterocycles. The van der Waals surface area contributed by atoms with Crippen LogP contribution in [0.4, 0.5) is 0 Å². The zero-order valence-corrected chi connectivity index (χ0v) is 29.7. The fourth-order valence-electron chi connectivity index (χ4n) is 3.58. The number of ketones is 1. The number of hydrogen-bond donors (Lipinski definition) is 3. The minimum atomic E-state index is -0.764. The number of nitriles is 1. The number of hydrogen-bond acceptors (Lipinski definition) is 8. The highest BCUT2D eigenvalue weighted by atomic mass is 32.1. The van der Waals surface area contributed by atoms with Crippen molar-refractivity contribution < 1.29 is 24.3 Å². The van der Waals surface area contributed by atoms with Gasteiger partial charge in [0.25, 0.3) is 0 Å². The Kier molecular flexibility index (Phi) is 22.1. The lowest BCUT2D eigenvalue weighted by molar-refractivity contribution is -0.132. The van der Waals surface area contributed by atoms with Gasteiger partial charge in [-0.2, -0.15) is 5.26 Å². The van der Waals surface area contributed by atoms with Gasteiger partial charge in [-0.05, 0) is 56.6 Å². The molecule has 3 amide bonds. The number of aromatic nitrogens is 1. The Morgan fingerprint density at radius 1 is 1.16 bits per heavy atom. The summed E-state index contributed by atoms with van der Waals surface area (Å²) in [5.74, 6) is -0.135. The maximum Gasteiger partial charge on any atom is 0.237 e. The first kappa shape index (κ1) is 43.5.